The van der Waals surface area contributed by atoms with E-state index in [-0.39, 0.29) is 4.83 Å². The summed E-state index contributed by atoms with van der Waals surface area (Å²) in [6, 6.07) is 16.3. The van der Waals surface area contributed by atoms with E-state index < -0.39 is 0 Å². The molecule has 0 heterocycles. The average molecular weight is 335 g/mol. The summed E-state index contributed by atoms with van der Waals surface area (Å²) < 4.78 is 10.9. The van der Waals surface area contributed by atoms with Crippen LogP contribution < -0.4 is 9.47 Å². The normalized spacial score (nSPS) is 10.6. The SMILES string of the molecule is CCOc1ccc(C(Br)c2ccc(OCC)cc2)cc1. The van der Waals surface area contributed by atoms with Gasteiger partial charge in [-0.1, -0.05) is 40.2 Å². The molecule has 3 heteroatoms. The predicted molar refractivity (Wildman–Crippen MR) is 86.0 cm³/mol. The van der Waals surface area contributed by atoms with Gasteiger partial charge in [-0.2, -0.15) is 0 Å². The van der Waals surface area contributed by atoms with Crippen molar-refractivity contribution >= 4 is 15.9 Å². The van der Waals surface area contributed by atoms with E-state index in [0.29, 0.717) is 13.2 Å². The highest BCUT2D eigenvalue weighted by atomic mass is 79.9. The minimum Gasteiger partial charge on any atom is -0.494 e. The molecule has 20 heavy (non-hydrogen) atoms. The van der Waals surface area contributed by atoms with E-state index in [1.165, 1.54) is 11.1 Å². The van der Waals surface area contributed by atoms with Gasteiger partial charge in [-0.15, -0.1) is 0 Å². The van der Waals surface area contributed by atoms with E-state index in [4.69, 9.17) is 9.47 Å². The Morgan fingerprint density at radius 2 is 1.10 bits per heavy atom. The highest BCUT2D eigenvalue weighted by Gasteiger charge is 2.10. The van der Waals surface area contributed by atoms with Gasteiger partial charge in [-0.05, 0) is 49.2 Å². The smallest absolute Gasteiger partial charge is 0.119 e. The molecule has 0 saturated heterocycles. The molecule has 0 amide bonds. The van der Waals surface area contributed by atoms with Crippen LogP contribution in [0.1, 0.15) is 29.8 Å². The fourth-order valence-corrected chi connectivity index (χ4v) is 2.60. The van der Waals surface area contributed by atoms with Crippen molar-refractivity contribution in [2.45, 2.75) is 18.7 Å². The number of rotatable bonds is 6. The topological polar surface area (TPSA) is 18.5 Å². The fourth-order valence-electron chi connectivity index (χ4n) is 1.99. The first-order valence-electron chi connectivity index (χ1n) is 6.84. The van der Waals surface area contributed by atoms with Crippen LogP contribution in [0.5, 0.6) is 11.5 Å². The highest BCUT2D eigenvalue weighted by molar-refractivity contribution is 9.09. The van der Waals surface area contributed by atoms with Crippen molar-refractivity contribution in [3.8, 4) is 11.5 Å². The highest BCUT2D eigenvalue weighted by Crippen LogP contribution is 2.32. The van der Waals surface area contributed by atoms with Crippen LogP contribution in [-0.4, -0.2) is 13.2 Å². The van der Waals surface area contributed by atoms with Gasteiger partial charge in [0.15, 0.2) is 0 Å². The molecule has 0 aromatic heterocycles. The molecule has 0 N–H and O–H groups in total. The molecule has 0 fully saturated rings. The Labute approximate surface area is 128 Å². The van der Waals surface area contributed by atoms with E-state index in [1.807, 2.05) is 38.1 Å². The van der Waals surface area contributed by atoms with Crippen LogP contribution in [0.4, 0.5) is 0 Å². The molecule has 0 radical (unpaired) electrons. The number of benzene rings is 2. The molecule has 0 atom stereocenters. The van der Waals surface area contributed by atoms with Crippen molar-refractivity contribution in [1.29, 1.82) is 0 Å². The van der Waals surface area contributed by atoms with Gasteiger partial charge in [-0.25, -0.2) is 0 Å². The lowest BCUT2D eigenvalue weighted by atomic mass is 10.0. The Hall–Kier alpha value is -1.48. The molecule has 2 rings (SSSR count). The molecule has 0 aliphatic carbocycles. The lowest BCUT2D eigenvalue weighted by molar-refractivity contribution is 0.340. The first kappa shape index (κ1) is 14.9. The largest absolute Gasteiger partial charge is 0.494 e. The Morgan fingerprint density at radius 1 is 0.750 bits per heavy atom. The Kier molecular flexibility index (Phi) is 5.48. The molecular formula is C17H19BrO2. The lowest BCUT2D eigenvalue weighted by Crippen LogP contribution is -1.96. The van der Waals surface area contributed by atoms with E-state index >= 15 is 0 Å². The number of hydrogen-bond acceptors (Lipinski definition) is 2. The number of halogens is 1. The van der Waals surface area contributed by atoms with Crippen molar-refractivity contribution in [2.75, 3.05) is 13.2 Å². The van der Waals surface area contributed by atoms with Gasteiger partial charge in [-0.3, -0.25) is 0 Å². The quantitative estimate of drug-likeness (QED) is 0.694. The summed E-state index contributed by atoms with van der Waals surface area (Å²) in [5.41, 5.74) is 2.41. The van der Waals surface area contributed by atoms with Crippen LogP contribution >= 0.6 is 15.9 Å². The first-order valence-corrected chi connectivity index (χ1v) is 7.75. The van der Waals surface area contributed by atoms with Gasteiger partial charge in [0.25, 0.3) is 0 Å². The molecule has 2 aromatic carbocycles. The van der Waals surface area contributed by atoms with Gasteiger partial charge >= 0.3 is 0 Å². The van der Waals surface area contributed by atoms with Crippen molar-refractivity contribution in [1.82, 2.24) is 0 Å². The average Bonchev–Trinajstić information content (AvgIpc) is 2.49. The summed E-state index contributed by atoms with van der Waals surface area (Å²) in [7, 11) is 0. The number of ether oxygens (including phenoxy) is 2. The second-order valence-electron chi connectivity index (χ2n) is 4.37. The zero-order chi connectivity index (χ0) is 14.4. The van der Waals surface area contributed by atoms with Crippen molar-refractivity contribution < 1.29 is 9.47 Å². The molecule has 2 nitrogen and oxygen atoms in total. The maximum absolute atomic E-state index is 5.46. The van der Waals surface area contributed by atoms with Crippen molar-refractivity contribution in [3.63, 3.8) is 0 Å². The summed E-state index contributed by atoms with van der Waals surface area (Å²) in [4.78, 5) is 0.175. The summed E-state index contributed by atoms with van der Waals surface area (Å²) in [6.45, 7) is 5.36. The molecule has 0 aliphatic rings. The summed E-state index contributed by atoms with van der Waals surface area (Å²) >= 11 is 3.74. The third-order valence-electron chi connectivity index (χ3n) is 2.97. The Bertz CT molecular complexity index is 470. The lowest BCUT2D eigenvalue weighted by Gasteiger charge is -2.12. The molecule has 0 unspecified atom stereocenters. The minimum absolute atomic E-state index is 0.175. The molecule has 0 saturated carbocycles. The third-order valence-corrected chi connectivity index (χ3v) is 4.02. The van der Waals surface area contributed by atoms with Crippen LogP contribution in [0.2, 0.25) is 0 Å². The zero-order valence-electron chi connectivity index (χ0n) is 11.8. The predicted octanol–water partition coefficient (Wildman–Crippen LogP) is 4.97. The summed E-state index contributed by atoms with van der Waals surface area (Å²) in [5.74, 6) is 1.81. The number of alkyl halides is 1. The maximum Gasteiger partial charge on any atom is 0.119 e. The van der Waals surface area contributed by atoms with Gasteiger partial charge in [0.2, 0.25) is 0 Å². The molecule has 0 aliphatic heterocycles. The van der Waals surface area contributed by atoms with Gasteiger partial charge in [0, 0.05) is 0 Å². The molecule has 2 aromatic rings. The second-order valence-corrected chi connectivity index (χ2v) is 5.28. The van der Waals surface area contributed by atoms with Gasteiger partial charge < -0.3 is 9.47 Å². The molecule has 0 bridgehead atoms. The monoisotopic (exact) mass is 334 g/mol. The fraction of sp³-hybridized carbons (Fsp3) is 0.294. The third kappa shape index (κ3) is 3.76. The van der Waals surface area contributed by atoms with Crippen molar-refractivity contribution in [2.24, 2.45) is 0 Å². The zero-order valence-corrected chi connectivity index (χ0v) is 13.4. The molecule has 106 valence electrons. The molecular weight excluding hydrogens is 316 g/mol. The van der Waals surface area contributed by atoms with Crippen LogP contribution in [0.25, 0.3) is 0 Å². The standard InChI is InChI=1S/C17H19BrO2/c1-3-19-15-9-5-13(6-10-15)17(18)14-7-11-16(12-8-14)20-4-2/h5-12,17H,3-4H2,1-2H3. The number of hydrogen-bond donors (Lipinski definition) is 0. The van der Waals surface area contributed by atoms with Crippen LogP contribution in [-0.2, 0) is 0 Å². The van der Waals surface area contributed by atoms with E-state index in [0.717, 1.165) is 11.5 Å². The summed E-state index contributed by atoms with van der Waals surface area (Å²) in [6.07, 6.45) is 0. The summed E-state index contributed by atoms with van der Waals surface area (Å²) in [5, 5.41) is 0. The maximum atomic E-state index is 5.46. The van der Waals surface area contributed by atoms with Gasteiger partial charge in [0.05, 0.1) is 18.0 Å². The second kappa shape index (κ2) is 7.34. The van der Waals surface area contributed by atoms with E-state index in [9.17, 15) is 0 Å². The Morgan fingerprint density at radius 3 is 1.40 bits per heavy atom. The van der Waals surface area contributed by atoms with Crippen molar-refractivity contribution in [3.05, 3.63) is 59.7 Å². The first-order chi connectivity index (χ1) is 9.74. The van der Waals surface area contributed by atoms with Gasteiger partial charge in [0.1, 0.15) is 11.5 Å². The minimum atomic E-state index is 0.175. The van der Waals surface area contributed by atoms with E-state index in [2.05, 4.69) is 40.2 Å². The van der Waals surface area contributed by atoms with Crippen LogP contribution in [0.15, 0.2) is 48.5 Å². The Balaban J connectivity index is 2.11. The molecule has 0 spiro atoms. The van der Waals surface area contributed by atoms with Crippen LogP contribution in [0, 0.1) is 0 Å². The van der Waals surface area contributed by atoms with Crippen LogP contribution in [0.3, 0.4) is 0 Å². The van der Waals surface area contributed by atoms with E-state index in [1.54, 1.807) is 0 Å².